The van der Waals surface area contributed by atoms with Crippen LogP contribution in [0.3, 0.4) is 0 Å². The first kappa shape index (κ1) is 21.1. The summed E-state index contributed by atoms with van der Waals surface area (Å²) in [4.78, 5) is 52.6. The molecule has 5 rings (SSSR count). The number of amides is 3. The van der Waals surface area contributed by atoms with Gasteiger partial charge in [0.2, 0.25) is 0 Å². The molecule has 2 heterocycles. The monoisotopic (exact) mass is 450 g/mol. The molecule has 0 fully saturated rings. The van der Waals surface area contributed by atoms with Crippen molar-refractivity contribution in [3.63, 3.8) is 0 Å². The lowest BCUT2D eigenvalue weighted by atomic mass is 10.0. The Morgan fingerprint density at radius 2 is 1.50 bits per heavy atom. The van der Waals surface area contributed by atoms with Crippen molar-refractivity contribution < 1.29 is 23.6 Å². The summed E-state index contributed by atoms with van der Waals surface area (Å²) in [5.41, 5.74) is 1.74. The number of hydrogen-bond acceptors (Lipinski definition) is 5. The normalized spacial score (nSPS) is 12.5. The zero-order valence-corrected chi connectivity index (χ0v) is 17.9. The van der Waals surface area contributed by atoms with E-state index in [4.69, 9.17) is 4.42 Å². The van der Waals surface area contributed by atoms with Gasteiger partial charge in [0.05, 0.1) is 29.6 Å². The third-order valence-electron chi connectivity index (χ3n) is 5.55. The molecule has 3 aromatic carbocycles. The Balaban J connectivity index is 1.40. The summed E-state index contributed by atoms with van der Waals surface area (Å²) < 4.78 is 5.20. The number of carbonyl (C=O) groups is 4. The van der Waals surface area contributed by atoms with Crippen molar-refractivity contribution in [1.82, 2.24) is 5.32 Å². The molecule has 1 N–H and O–H groups in total. The SMILES string of the molecule is O=C(NCc1ccco1)c1ccc2c(c1)C(=O)N(c1cccc(C(=O)c3ccccc3)c1)C2=O. The predicted molar refractivity (Wildman–Crippen MR) is 124 cm³/mol. The second kappa shape index (κ2) is 8.63. The van der Waals surface area contributed by atoms with Crippen LogP contribution in [0, 0.1) is 0 Å². The molecular weight excluding hydrogens is 432 g/mol. The first-order valence-electron chi connectivity index (χ1n) is 10.6. The number of ketones is 1. The molecule has 34 heavy (non-hydrogen) atoms. The smallest absolute Gasteiger partial charge is 0.266 e. The fourth-order valence-corrected chi connectivity index (χ4v) is 3.84. The van der Waals surface area contributed by atoms with Gasteiger partial charge in [-0.2, -0.15) is 0 Å². The van der Waals surface area contributed by atoms with Gasteiger partial charge in [-0.25, -0.2) is 4.90 Å². The second-order valence-electron chi connectivity index (χ2n) is 7.71. The van der Waals surface area contributed by atoms with E-state index in [9.17, 15) is 19.2 Å². The number of carbonyl (C=O) groups excluding carboxylic acids is 4. The van der Waals surface area contributed by atoms with Crippen molar-refractivity contribution in [3.05, 3.63) is 125 Å². The van der Waals surface area contributed by atoms with Crippen LogP contribution in [0.5, 0.6) is 0 Å². The zero-order chi connectivity index (χ0) is 23.7. The topological polar surface area (TPSA) is 96.7 Å². The zero-order valence-electron chi connectivity index (χ0n) is 17.9. The lowest BCUT2D eigenvalue weighted by Crippen LogP contribution is -2.29. The van der Waals surface area contributed by atoms with Crippen LogP contribution in [0.2, 0.25) is 0 Å². The molecule has 0 saturated heterocycles. The number of fused-ring (bicyclic) bond motifs is 1. The molecule has 1 aromatic heterocycles. The molecule has 3 amide bonds. The van der Waals surface area contributed by atoms with E-state index in [1.54, 1.807) is 54.6 Å². The average molecular weight is 450 g/mol. The molecule has 4 aromatic rings. The highest BCUT2D eigenvalue weighted by Crippen LogP contribution is 2.30. The van der Waals surface area contributed by atoms with Gasteiger partial charge in [0, 0.05) is 16.7 Å². The molecule has 0 aliphatic carbocycles. The molecule has 1 aliphatic heterocycles. The number of hydrogen-bond donors (Lipinski definition) is 1. The Hall–Kier alpha value is -4.78. The largest absolute Gasteiger partial charge is 0.467 e. The second-order valence-corrected chi connectivity index (χ2v) is 7.71. The number of anilines is 1. The third kappa shape index (κ3) is 3.80. The van der Waals surface area contributed by atoms with Crippen LogP contribution in [-0.4, -0.2) is 23.5 Å². The quantitative estimate of drug-likeness (QED) is 0.350. The number of nitrogens with zero attached hydrogens (tertiary/aromatic N) is 1. The van der Waals surface area contributed by atoms with Gasteiger partial charge in [-0.15, -0.1) is 0 Å². The van der Waals surface area contributed by atoms with Gasteiger partial charge in [0.1, 0.15) is 5.76 Å². The summed E-state index contributed by atoms with van der Waals surface area (Å²) >= 11 is 0. The fraction of sp³-hybridized carbons (Fsp3) is 0.0370. The first-order chi connectivity index (χ1) is 16.5. The van der Waals surface area contributed by atoms with Crippen LogP contribution in [-0.2, 0) is 6.54 Å². The Labute approximate surface area is 194 Å². The molecule has 0 bridgehead atoms. The summed E-state index contributed by atoms with van der Waals surface area (Å²) in [6.45, 7) is 0.199. The van der Waals surface area contributed by atoms with Gasteiger partial charge >= 0.3 is 0 Å². The van der Waals surface area contributed by atoms with E-state index in [2.05, 4.69) is 5.32 Å². The molecule has 7 heteroatoms. The minimum Gasteiger partial charge on any atom is -0.467 e. The summed E-state index contributed by atoms with van der Waals surface area (Å²) in [5.74, 6) is -1.07. The van der Waals surface area contributed by atoms with Crippen molar-refractivity contribution in [2.24, 2.45) is 0 Å². The van der Waals surface area contributed by atoms with Crippen molar-refractivity contribution in [1.29, 1.82) is 0 Å². The van der Waals surface area contributed by atoms with Crippen molar-refractivity contribution >= 4 is 29.2 Å². The number of furan rings is 1. The molecule has 1 aliphatic rings. The van der Waals surface area contributed by atoms with Gasteiger partial charge in [-0.05, 0) is 42.5 Å². The minimum atomic E-state index is -0.551. The highest BCUT2D eigenvalue weighted by atomic mass is 16.3. The first-order valence-corrected chi connectivity index (χ1v) is 10.6. The van der Waals surface area contributed by atoms with Gasteiger partial charge in [0.15, 0.2) is 5.78 Å². The van der Waals surface area contributed by atoms with Gasteiger partial charge < -0.3 is 9.73 Å². The van der Waals surface area contributed by atoms with E-state index in [1.165, 1.54) is 30.5 Å². The van der Waals surface area contributed by atoms with Gasteiger partial charge in [-0.3, -0.25) is 19.2 Å². The maximum atomic E-state index is 13.2. The molecule has 0 spiro atoms. The third-order valence-corrected chi connectivity index (χ3v) is 5.55. The van der Waals surface area contributed by atoms with Crippen molar-refractivity contribution in [2.75, 3.05) is 4.90 Å². The lowest BCUT2D eigenvalue weighted by molar-refractivity contribution is 0.0922. The molecule has 166 valence electrons. The highest BCUT2D eigenvalue weighted by Gasteiger charge is 2.37. The molecule has 0 saturated carbocycles. The van der Waals surface area contributed by atoms with E-state index in [1.807, 2.05) is 6.07 Å². The number of rotatable bonds is 6. The van der Waals surface area contributed by atoms with E-state index < -0.39 is 17.7 Å². The van der Waals surface area contributed by atoms with E-state index in [0.29, 0.717) is 16.9 Å². The lowest BCUT2D eigenvalue weighted by Gasteiger charge is -2.14. The standard InChI is InChI=1S/C27H18N2O5/c30-24(17-6-2-1-3-7-17)18-8-4-9-20(14-18)29-26(32)22-12-11-19(15-23(22)27(29)33)25(31)28-16-21-10-5-13-34-21/h1-15H,16H2,(H,28,31). The van der Waals surface area contributed by atoms with Crippen molar-refractivity contribution in [3.8, 4) is 0 Å². The van der Waals surface area contributed by atoms with Gasteiger partial charge in [-0.1, -0.05) is 42.5 Å². The van der Waals surface area contributed by atoms with Crippen LogP contribution in [0.25, 0.3) is 0 Å². The summed E-state index contributed by atoms with van der Waals surface area (Å²) in [5, 5.41) is 2.72. The van der Waals surface area contributed by atoms with E-state index in [-0.39, 0.29) is 34.7 Å². The summed E-state index contributed by atoms with van der Waals surface area (Å²) in [6.07, 6.45) is 1.51. The highest BCUT2D eigenvalue weighted by molar-refractivity contribution is 6.35. The number of imide groups is 1. The Kier molecular flexibility index (Phi) is 5.35. The number of benzene rings is 3. The van der Waals surface area contributed by atoms with Crippen molar-refractivity contribution in [2.45, 2.75) is 6.54 Å². The molecular formula is C27H18N2O5. The molecule has 0 radical (unpaired) electrons. The van der Waals surface area contributed by atoms with Crippen LogP contribution in [0.4, 0.5) is 5.69 Å². The van der Waals surface area contributed by atoms with E-state index in [0.717, 1.165) is 4.90 Å². The van der Waals surface area contributed by atoms with Crippen LogP contribution < -0.4 is 10.2 Å². The maximum Gasteiger partial charge on any atom is 0.266 e. The van der Waals surface area contributed by atoms with Crippen LogP contribution >= 0.6 is 0 Å². The molecule has 0 atom stereocenters. The minimum absolute atomic E-state index is 0.135. The van der Waals surface area contributed by atoms with E-state index >= 15 is 0 Å². The predicted octanol–water partition coefficient (Wildman–Crippen LogP) is 4.24. The maximum absolute atomic E-state index is 13.2. The van der Waals surface area contributed by atoms with Crippen LogP contribution in [0.15, 0.2) is 95.6 Å². The Bertz CT molecular complexity index is 1420. The Morgan fingerprint density at radius 1 is 0.735 bits per heavy atom. The van der Waals surface area contributed by atoms with Gasteiger partial charge in [0.25, 0.3) is 17.7 Å². The Morgan fingerprint density at radius 3 is 2.26 bits per heavy atom. The fourth-order valence-electron chi connectivity index (χ4n) is 3.84. The van der Waals surface area contributed by atoms with Crippen LogP contribution in [0.1, 0.15) is 52.8 Å². The average Bonchev–Trinajstić information content (AvgIpc) is 3.49. The molecule has 7 nitrogen and oxygen atoms in total. The summed E-state index contributed by atoms with van der Waals surface area (Å²) in [7, 11) is 0. The number of nitrogens with one attached hydrogen (secondary N) is 1. The molecule has 0 unspecified atom stereocenters. The summed E-state index contributed by atoms with van der Waals surface area (Å²) in [6, 6.07) is 23.0.